The van der Waals surface area contributed by atoms with Crippen LogP contribution in [0.2, 0.25) is 0 Å². The molecule has 17 amide bonds. The smallest absolute Gasteiger partial charge is 0.328 e. The molecule has 0 aliphatic carbocycles. The highest BCUT2D eigenvalue weighted by Crippen LogP contribution is 2.34. The molecule has 840 valence electrons. The van der Waals surface area contributed by atoms with Crippen molar-refractivity contribution in [3.05, 3.63) is 12.2 Å². The first kappa shape index (κ1) is 131. The highest BCUT2D eigenvalue weighted by Gasteiger charge is 2.49. The average Bonchev–Trinajstić information content (AvgIpc) is 1.55. The number of rotatable bonds is 66. The van der Waals surface area contributed by atoms with Crippen molar-refractivity contribution in [1.29, 1.82) is 0 Å². The first-order chi connectivity index (χ1) is 69.1. The number of hydrogen-bond acceptors (Lipinski definition) is 30. The number of aliphatic hydroxyl groups excluding tert-OH is 2. The summed E-state index contributed by atoms with van der Waals surface area (Å²) in [5, 5.41) is 88.7. The molecule has 0 aromatic carbocycles. The van der Waals surface area contributed by atoms with Gasteiger partial charge >= 0.3 is 23.9 Å². The molecule has 0 bridgehead atoms. The Morgan fingerprint density at radius 1 is 0.399 bits per heavy atom. The van der Waals surface area contributed by atoms with E-state index in [1.54, 1.807) is 79.8 Å². The van der Waals surface area contributed by atoms with Crippen molar-refractivity contribution < 1.29 is 150 Å². The minimum atomic E-state index is -2.27. The molecule has 1 unspecified atom stereocenters. The molecule has 148 heavy (non-hydrogen) atoms. The molecule has 2 fully saturated rings. The molecule has 3 rings (SSSR count). The monoisotopic (exact) mass is 2110 g/mol. The fraction of sp³-hybridized carbons (Fsp3) is 0.765. The molecular weight excluding hydrogens is 1940 g/mol. The maximum Gasteiger partial charge on any atom is 0.328 e. The van der Waals surface area contributed by atoms with Crippen molar-refractivity contribution in [1.82, 2.24) is 92.8 Å². The van der Waals surface area contributed by atoms with Gasteiger partial charge in [0.15, 0.2) is 0 Å². The molecule has 0 spiro atoms. The SMILES string of the molecule is CC[C@H](C)[C@@H]([C@@H](CC(=O)N1CCC[C@H]1[C@H](OC)[C@@H](C)C(=O)N[C@H](C(=O)N[C@@H](CCC(=O)O)C(=O)N[C@@H](CNC(=O)[C@H](CCC(=O)O)NC(=O)[C@H](CNC(=O)C(CN)N1C(=O)C=CC1=O)NC(=O)[C@H](CCC(=O)O)NC(=O)[C@@H](NC(=O)[C@H](C)[C@@H](OC)[C@@H]1CCCN1C(=O)C[C@@H](OC)[C@H]([C@@H](C)CC)N(C)C(=O)[C@@H](NC(=O)[C@H](C(C)C)N(C)C)C(C)C)[C@@H](C)O)C(=O)O)[C@@H](C)O)OC)N(C)C(=O)[C@@H](NC(=O)[C@H](C(C)C)N(C)C)C(C)C. The molecule has 50 heteroatoms. The number of methoxy groups -OCH3 is 4. The number of carboxylic acids is 4. The lowest BCUT2D eigenvalue weighted by Crippen LogP contribution is -2.63. The molecule has 26 atom stereocenters. The Labute approximate surface area is 866 Å². The molecular formula is C98H167N19O31. The van der Waals surface area contributed by atoms with Crippen LogP contribution in [0, 0.1) is 47.3 Å². The highest BCUT2D eigenvalue weighted by atomic mass is 16.5. The summed E-state index contributed by atoms with van der Waals surface area (Å²) >= 11 is 0. The lowest BCUT2D eigenvalue weighted by Gasteiger charge is -2.41. The molecule has 50 nitrogen and oxygen atoms in total. The lowest BCUT2D eigenvalue weighted by molar-refractivity contribution is -0.148. The Bertz CT molecular complexity index is 4520. The van der Waals surface area contributed by atoms with Gasteiger partial charge in [0.2, 0.25) is 88.6 Å². The quantitative estimate of drug-likeness (QED) is 0.0264. The summed E-state index contributed by atoms with van der Waals surface area (Å²) in [5.41, 5.74) is 5.87. The van der Waals surface area contributed by atoms with Crippen LogP contribution in [0.25, 0.3) is 0 Å². The second-order valence-electron chi connectivity index (χ2n) is 40.5. The van der Waals surface area contributed by atoms with Gasteiger partial charge in [-0.1, -0.05) is 110 Å². The van der Waals surface area contributed by atoms with Crippen molar-refractivity contribution in [2.75, 3.05) is 103 Å². The predicted molar refractivity (Wildman–Crippen MR) is 535 cm³/mol. The first-order valence-corrected chi connectivity index (χ1v) is 50.5. The van der Waals surface area contributed by atoms with E-state index in [4.69, 9.17) is 24.7 Å². The standard InChI is InChI=1S/C98H167N19O31/c1-27-52(11)81(113(21)96(141)75(48(3)4)107-94(139)79(50(7)8)111(17)18)66(145-23)43-70(122)115-41-29-31-63(115)83(147-25)54(13)85(130)109-77(56(15)118)92(137)103-59(34-39-73(126)127)88(133)105-61(46-101-91(136)65(45-99)117-68(120)36-37-69(117)121)90(135)102-58(33-38-72(124)125)87(132)100-47-62(98(143)144)106-89(134)60(35-40-74(128)129)104-93(138)78(57(16)119)110-86(131)55(14)84(148-26)64-32-30-42-116(64)71(123)44-67(146-24)82(53(12)28-2)114(22)97(142)76(49(5)6)108-95(140)80(51(9)10)112(19)20/h36-37,48-67,75-84,118-119H,27-35,38-47,99H2,1-26H3,(H,100,132)(H,101,136)(H,102,135)(H,103,137)(H,104,138)(H,105,133)(H,106,134)(H,107,139)(H,108,140)(H,109,130)(H,110,131)(H,124,125)(H,126,127)(H,128,129)(H,143,144)/t52-,53-,54+,55+,56+,57+,58-,59-,60-,61-,62-,63-,64-,65?,66+,67+,75-,76-,77-,78-,79-,80-,81-,82-,83+,84+/m0/s1. The van der Waals surface area contributed by atoms with Crippen LogP contribution in [0.5, 0.6) is 0 Å². The third kappa shape index (κ3) is 37.6. The molecule has 0 aromatic heterocycles. The number of aliphatic hydroxyl groups is 2. The number of carboxylic acid groups (broad SMARTS) is 4. The minimum Gasteiger partial charge on any atom is -0.481 e. The summed E-state index contributed by atoms with van der Waals surface area (Å²) in [6, 6.07) is -22.6. The van der Waals surface area contributed by atoms with E-state index in [0.29, 0.717) is 43.4 Å². The number of nitrogens with two attached hydrogens (primary N) is 1. The van der Waals surface area contributed by atoms with Crippen molar-refractivity contribution >= 4 is 124 Å². The number of amides is 17. The summed E-state index contributed by atoms with van der Waals surface area (Å²) in [6.07, 6.45) is -9.38. The zero-order chi connectivity index (χ0) is 113. The molecule has 3 aliphatic heterocycles. The van der Waals surface area contributed by atoms with Crippen LogP contribution in [0.4, 0.5) is 0 Å². The molecule has 3 heterocycles. The first-order valence-electron chi connectivity index (χ1n) is 50.5. The Morgan fingerprint density at radius 3 is 1.01 bits per heavy atom. The summed E-state index contributed by atoms with van der Waals surface area (Å²) in [6.45, 7) is 24.7. The van der Waals surface area contributed by atoms with E-state index in [9.17, 15) is 131 Å². The molecule has 0 radical (unpaired) electrons. The lowest BCUT2D eigenvalue weighted by atomic mass is 9.89. The topological polar surface area (TPSA) is 698 Å². The van der Waals surface area contributed by atoms with Gasteiger partial charge in [0.05, 0.1) is 97.6 Å². The van der Waals surface area contributed by atoms with Gasteiger partial charge in [-0.3, -0.25) is 111 Å². The van der Waals surface area contributed by atoms with Crippen molar-refractivity contribution in [3.8, 4) is 0 Å². The van der Waals surface area contributed by atoms with Crippen LogP contribution < -0.4 is 64.2 Å². The normalized spacial score (nSPS) is 19.2. The van der Waals surface area contributed by atoms with Crippen LogP contribution in [-0.4, -0.2) is 426 Å². The van der Waals surface area contributed by atoms with E-state index >= 15 is 0 Å². The second kappa shape index (κ2) is 62.2. The number of ether oxygens (including phenoxy) is 4. The van der Waals surface area contributed by atoms with E-state index in [1.807, 2.05) is 55.4 Å². The minimum absolute atomic E-state index is 0.0964. The van der Waals surface area contributed by atoms with Crippen LogP contribution in [0.1, 0.15) is 201 Å². The third-order valence-corrected chi connectivity index (χ3v) is 27.7. The second-order valence-corrected chi connectivity index (χ2v) is 40.5. The number of likely N-dealkylation sites (N-methyl/N-ethyl adjacent to an activating group) is 4. The number of imide groups is 1. The molecule has 3 aliphatic rings. The van der Waals surface area contributed by atoms with Crippen molar-refractivity contribution in [3.63, 3.8) is 0 Å². The van der Waals surface area contributed by atoms with Crippen molar-refractivity contribution in [2.24, 2.45) is 53.1 Å². The van der Waals surface area contributed by atoms with Gasteiger partial charge in [-0.15, -0.1) is 0 Å². The largest absolute Gasteiger partial charge is 0.481 e. The predicted octanol–water partition coefficient (Wildman–Crippen LogP) is -3.40. The van der Waals surface area contributed by atoms with Gasteiger partial charge in [0.25, 0.3) is 11.8 Å². The maximum absolute atomic E-state index is 14.8. The fourth-order valence-corrected chi connectivity index (χ4v) is 19.3. The number of carbonyl (C=O) groups excluding carboxylic acids is 17. The zero-order valence-electron chi connectivity index (χ0n) is 90.5. The Kier molecular flexibility index (Phi) is 54.9. The third-order valence-electron chi connectivity index (χ3n) is 27.7. The number of nitrogens with zero attached hydrogens (tertiary/aromatic N) is 7. The average molecular weight is 2110 g/mol. The molecule has 2 saturated heterocycles. The van der Waals surface area contributed by atoms with E-state index < -0.39 is 316 Å². The van der Waals surface area contributed by atoms with E-state index in [-0.39, 0.29) is 73.3 Å². The Hall–Kier alpha value is -11.5. The summed E-state index contributed by atoms with van der Waals surface area (Å²) in [7, 11) is 15.6. The number of hydrogen-bond donors (Lipinski definition) is 18. The van der Waals surface area contributed by atoms with Crippen LogP contribution in [0.15, 0.2) is 12.2 Å². The highest BCUT2D eigenvalue weighted by molar-refractivity contribution is 6.15. The molecule has 0 aromatic rings. The van der Waals surface area contributed by atoms with Gasteiger partial charge in [-0.25, -0.2) is 4.79 Å². The maximum atomic E-state index is 14.8. The van der Waals surface area contributed by atoms with Crippen LogP contribution in [-0.2, 0) is 120 Å². The Morgan fingerprint density at radius 2 is 0.709 bits per heavy atom. The number of likely N-dealkylation sites (tertiary alicyclic amines) is 2. The summed E-state index contributed by atoms with van der Waals surface area (Å²) in [5.74, 6) is -26.7. The molecule has 19 N–H and O–H groups in total. The van der Waals surface area contributed by atoms with Gasteiger partial charge in [-0.05, 0) is 122 Å². The number of carbonyl (C=O) groups is 21. The van der Waals surface area contributed by atoms with Crippen molar-refractivity contribution in [2.45, 2.75) is 334 Å². The Balaban J connectivity index is 1.99. The van der Waals surface area contributed by atoms with Gasteiger partial charge in [0.1, 0.15) is 60.4 Å². The molecule has 0 saturated carbocycles. The summed E-state index contributed by atoms with van der Waals surface area (Å²) in [4.78, 5) is 302. The van der Waals surface area contributed by atoms with E-state index in [2.05, 4.69) is 58.5 Å². The van der Waals surface area contributed by atoms with E-state index in [1.165, 1.54) is 61.9 Å². The van der Waals surface area contributed by atoms with Gasteiger partial charge in [0, 0.05) is 107 Å². The fourth-order valence-electron chi connectivity index (χ4n) is 19.3. The van der Waals surface area contributed by atoms with Crippen LogP contribution in [0.3, 0.4) is 0 Å². The van der Waals surface area contributed by atoms with Gasteiger partial charge < -0.3 is 133 Å². The number of aliphatic carboxylic acids is 4. The summed E-state index contributed by atoms with van der Waals surface area (Å²) < 4.78 is 24.0. The zero-order valence-corrected chi connectivity index (χ0v) is 90.5. The van der Waals surface area contributed by atoms with E-state index in [0.717, 1.165) is 26.0 Å². The van der Waals surface area contributed by atoms with Gasteiger partial charge in [-0.2, -0.15) is 0 Å². The number of nitrogens with one attached hydrogen (secondary N) is 11. The van der Waals surface area contributed by atoms with Crippen LogP contribution >= 0.6 is 0 Å².